The highest BCUT2D eigenvalue weighted by Gasteiger charge is 2.31. The molecule has 1 aromatic rings. The van der Waals surface area contributed by atoms with Gasteiger partial charge >= 0.3 is 6.03 Å². The van der Waals surface area contributed by atoms with Crippen LogP contribution in [0.1, 0.15) is 12.0 Å². The minimum Gasteiger partial charge on any atom is -0.352 e. The summed E-state index contributed by atoms with van der Waals surface area (Å²) in [5.41, 5.74) is 0.789. The third kappa shape index (κ3) is 3.45. The van der Waals surface area contributed by atoms with Gasteiger partial charge in [0.15, 0.2) is 0 Å². The average Bonchev–Trinajstić information content (AvgIpc) is 2.67. The van der Waals surface area contributed by atoms with E-state index in [1.807, 2.05) is 6.07 Å². The molecule has 19 heavy (non-hydrogen) atoms. The summed E-state index contributed by atoms with van der Waals surface area (Å²) in [6.45, 7) is 0.279. The van der Waals surface area contributed by atoms with Crippen LogP contribution in [0.5, 0.6) is 0 Å². The summed E-state index contributed by atoms with van der Waals surface area (Å²) in [4.78, 5) is 33.8. The molecular weight excluding hydrogens is 270 g/mol. The summed E-state index contributed by atoms with van der Waals surface area (Å²) in [6, 6.07) is 5.76. The van der Waals surface area contributed by atoms with Crippen LogP contribution in [0.25, 0.3) is 0 Å². The standard InChI is InChI=1S/C12H12ClN3O3/c13-8-4-2-1-3-7(8)6-14-10(17)5-9-11(18)16-12(19)15-9/h1-4,9H,5-6H2,(H,14,17)(H2,15,16,18,19). The Bertz CT molecular complexity index is 533. The zero-order valence-corrected chi connectivity index (χ0v) is 10.7. The first kappa shape index (κ1) is 13.4. The minimum absolute atomic E-state index is 0.0952. The summed E-state index contributed by atoms with van der Waals surface area (Å²) in [5.74, 6) is -0.819. The Morgan fingerprint density at radius 1 is 1.32 bits per heavy atom. The van der Waals surface area contributed by atoms with E-state index in [-0.39, 0.29) is 18.9 Å². The maximum Gasteiger partial charge on any atom is 0.322 e. The van der Waals surface area contributed by atoms with Crippen molar-refractivity contribution in [2.24, 2.45) is 0 Å². The van der Waals surface area contributed by atoms with Crippen molar-refractivity contribution in [3.8, 4) is 0 Å². The van der Waals surface area contributed by atoms with E-state index in [2.05, 4.69) is 16.0 Å². The fraction of sp³-hybridized carbons (Fsp3) is 0.250. The van der Waals surface area contributed by atoms with Gasteiger partial charge in [0.1, 0.15) is 6.04 Å². The van der Waals surface area contributed by atoms with Gasteiger partial charge in [-0.05, 0) is 11.6 Å². The Hall–Kier alpha value is -2.08. The van der Waals surface area contributed by atoms with Crippen molar-refractivity contribution < 1.29 is 14.4 Å². The van der Waals surface area contributed by atoms with E-state index in [0.29, 0.717) is 5.02 Å². The first-order chi connectivity index (χ1) is 9.06. The number of hydrogen-bond donors (Lipinski definition) is 3. The highest BCUT2D eigenvalue weighted by atomic mass is 35.5. The van der Waals surface area contributed by atoms with Gasteiger partial charge in [0.25, 0.3) is 5.91 Å². The van der Waals surface area contributed by atoms with Gasteiger partial charge in [0, 0.05) is 11.6 Å². The molecule has 100 valence electrons. The molecule has 1 unspecified atom stereocenters. The molecule has 1 saturated heterocycles. The molecular formula is C12H12ClN3O3. The van der Waals surface area contributed by atoms with Crippen molar-refractivity contribution in [1.82, 2.24) is 16.0 Å². The second kappa shape index (κ2) is 5.71. The van der Waals surface area contributed by atoms with Gasteiger partial charge in [0.2, 0.25) is 5.91 Å². The molecule has 1 aliphatic heterocycles. The molecule has 1 aliphatic rings. The van der Waals surface area contributed by atoms with Crippen LogP contribution in [0, 0.1) is 0 Å². The molecule has 1 fully saturated rings. The van der Waals surface area contributed by atoms with Crippen molar-refractivity contribution in [3.63, 3.8) is 0 Å². The molecule has 0 radical (unpaired) electrons. The van der Waals surface area contributed by atoms with Crippen molar-refractivity contribution in [2.45, 2.75) is 19.0 Å². The molecule has 2 rings (SSSR count). The smallest absolute Gasteiger partial charge is 0.322 e. The number of rotatable bonds is 4. The molecule has 0 bridgehead atoms. The lowest BCUT2D eigenvalue weighted by atomic mass is 10.2. The lowest BCUT2D eigenvalue weighted by Crippen LogP contribution is -2.36. The fourth-order valence-electron chi connectivity index (χ4n) is 1.70. The zero-order chi connectivity index (χ0) is 13.8. The van der Waals surface area contributed by atoms with Gasteiger partial charge in [-0.2, -0.15) is 0 Å². The second-order valence-corrected chi connectivity index (χ2v) is 4.49. The van der Waals surface area contributed by atoms with Crippen LogP contribution in [-0.2, 0) is 16.1 Å². The van der Waals surface area contributed by atoms with Crippen LogP contribution in [0.4, 0.5) is 4.79 Å². The van der Waals surface area contributed by atoms with E-state index >= 15 is 0 Å². The van der Waals surface area contributed by atoms with Crippen molar-refractivity contribution in [3.05, 3.63) is 34.9 Å². The normalized spacial score (nSPS) is 17.8. The zero-order valence-electron chi connectivity index (χ0n) is 9.90. The molecule has 4 amide bonds. The molecule has 6 nitrogen and oxygen atoms in total. The Kier molecular flexibility index (Phi) is 4.01. The number of benzene rings is 1. The molecule has 1 aromatic carbocycles. The average molecular weight is 282 g/mol. The summed E-state index contributed by atoms with van der Waals surface area (Å²) in [6.07, 6.45) is -0.0952. The van der Waals surface area contributed by atoms with Gasteiger partial charge in [-0.3, -0.25) is 14.9 Å². The Labute approximate surface area is 114 Å². The summed E-state index contributed by atoms with van der Waals surface area (Å²) >= 11 is 5.95. The van der Waals surface area contributed by atoms with Crippen molar-refractivity contribution in [2.75, 3.05) is 0 Å². The first-order valence-corrected chi connectivity index (χ1v) is 6.05. The lowest BCUT2D eigenvalue weighted by molar-refractivity contribution is -0.126. The highest BCUT2D eigenvalue weighted by Crippen LogP contribution is 2.14. The fourth-order valence-corrected chi connectivity index (χ4v) is 1.90. The maximum atomic E-state index is 11.7. The number of carbonyl (C=O) groups excluding carboxylic acids is 3. The lowest BCUT2D eigenvalue weighted by Gasteiger charge is -2.09. The van der Waals surface area contributed by atoms with Crippen LogP contribution >= 0.6 is 11.6 Å². The summed E-state index contributed by atoms with van der Waals surface area (Å²) in [7, 11) is 0. The third-order valence-electron chi connectivity index (χ3n) is 2.68. The van der Waals surface area contributed by atoms with Crippen LogP contribution in [0.2, 0.25) is 5.02 Å². The summed E-state index contributed by atoms with van der Waals surface area (Å²) < 4.78 is 0. The molecule has 0 aromatic heterocycles. The number of hydrogen-bond acceptors (Lipinski definition) is 3. The van der Waals surface area contributed by atoms with E-state index in [1.54, 1.807) is 18.2 Å². The topological polar surface area (TPSA) is 87.3 Å². The van der Waals surface area contributed by atoms with Gasteiger partial charge in [0.05, 0.1) is 6.42 Å². The van der Waals surface area contributed by atoms with Crippen LogP contribution in [0.15, 0.2) is 24.3 Å². The van der Waals surface area contributed by atoms with Gasteiger partial charge < -0.3 is 10.6 Å². The molecule has 3 N–H and O–H groups in total. The molecule has 0 saturated carbocycles. The Balaban J connectivity index is 1.84. The van der Waals surface area contributed by atoms with Crippen molar-refractivity contribution in [1.29, 1.82) is 0 Å². The minimum atomic E-state index is -0.807. The van der Waals surface area contributed by atoms with E-state index in [9.17, 15) is 14.4 Å². The van der Waals surface area contributed by atoms with E-state index < -0.39 is 18.0 Å². The molecule has 0 spiro atoms. The molecule has 0 aliphatic carbocycles. The van der Waals surface area contributed by atoms with Crippen LogP contribution < -0.4 is 16.0 Å². The Morgan fingerprint density at radius 3 is 2.68 bits per heavy atom. The van der Waals surface area contributed by atoms with Gasteiger partial charge in [-0.15, -0.1) is 0 Å². The second-order valence-electron chi connectivity index (χ2n) is 4.09. The monoisotopic (exact) mass is 281 g/mol. The third-order valence-corrected chi connectivity index (χ3v) is 3.05. The largest absolute Gasteiger partial charge is 0.352 e. The van der Waals surface area contributed by atoms with Crippen molar-refractivity contribution >= 4 is 29.4 Å². The first-order valence-electron chi connectivity index (χ1n) is 5.67. The number of urea groups is 1. The van der Waals surface area contributed by atoms with Crippen LogP contribution in [-0.4, -0.2) is 23.9 Å². The van der Waals surface area contributed by atoms with Crippen LogP contribution in [0.3, 0.4) is 0 Å². The van der Waals surface area contributed by atoms with Gasteiger partial charge in [-0.1, -0.05) is 29.8 Å². The number of nitrogens with one attached hydrogen (secondary N) is 3. The van der Waals surface area contributed by atoms with E-state index in [4.69, 9.17) is 11.6 Å². The highest BCUT2D eigenvalue weighted by molar-refractivity contribution is 6.31. The predicted molar refractivity (Wildman–Crippen MR) is 68.4 cm³/mol. The Morgan fingerprint density at radius 2 is 2.05 bits per heavy atom. The number of halogens is 1. The van der Waals surface area contributed by atoms with E-state index in [0.717, 1.165) is 5.56 Å². The number of carbonyl (C=O) groups is 3. The molecule has 1 heterocycles. The maximum absolute atomic E-state index is 11.7. The quantitative estimate of drug-likeness (QED) is 0.705. The number of imide groups is 1. The molecule has 7 heteroatoms. The summed E-state index contributed by atoms with van der Waals surface area (Å²) in [5, 5.41) is 7.63. The number of amides is 4. The molecule has 1 atom stereocenters. The van der Waals surface area contributed by atoms with E-state index in [1.165, 1.54) is 0 Å². The predicted octanol–water partition coefficient (Wildman–Crippen LogP) is 0.554. The SMILES string of the molecule is O=C(CC1NC(=O)NC1=O)NCc1ccccc1Cl. The van der Waals surface area contributed by atoms with Gasteiger partial charge in [-0.25, -0.2) is 4.79 Å².